The molecule has 2 heteroatoms. The lowest BCUT2D eigenvalue weighted by Crippen LogP contribution is -2.04. The average Bonchev–Trinajstić information content (AvgIpc) is 2.22. The van der Waals surface area contributed by atoms with Gasteiger partial charge in [-0.05, 0) is 6.92 Å². The lowest BCUT2D eigenvalue weighted by atomic mass is 10.7. The van der Waals surface area contributed by atoms with Gasteiger partial charge in [-0.25, -0.2) is 4.39 Å². The Morgan fingerprint density at radius 3 is 2.43 bits per heavy atom. The molecule has 1 rings (SSSR count). The Bertz CT molecular complexity index is 68.5. The zero-order valence-electron chi connectivity index (χ0n) is 4.41. The van der Waals surface area contributed by atoms with E-state index in [1.807, 2.05) is 0 Å². The Balaban J connectivity index is 2.13. The van der Waals surface area contributed by atoms with E-state index < -0.39 is 5.85 Å². The molecule has 0 bridgehead atoms. The van der Waals surface area contributed by atoms with Crippen molar-refractivity contribution in [3.63, 3.8) is 0 Å². The Morgan fingerprint density at radius 1 is 1.71 bits per heavy atom. The summed E-state index contributed by atoms with van der Waals surface area (Å²) in [6, 6.07) is 0. The molecule has 1 saturated carbocycles. The highest BCUT2D eigenvalue weighted by molar-refractivity contribution is 4.83. The fraction of sp³-hybridized carbons (Fsp3) is 1.00. The Kier molecular flexibility index (Phi) is 1.04. The van der Waals surface area contributed by atoms with Crippen molar-refractivity contribution >= 4 is 0 Å². The fourth-order valence-electron chi connectivity index (χ4n) is 0.501. The summed E-state index contributed by atoms with van der Waals surface area (Å²) in [5.74, 6) is -1.20. The van der Waals surface area contributed by atoms with Gasteiger partial charge in [-0.2, -0.15) is 0 Å². The minimum absolute atomic E-state index is 0.497. The molecule has 1 aliphatic carbocycles. The summed E-state index contributed by atoms with van der Waals surface area (Å²) < 4.78 is 17.0. The summed E-state index contributed by atoms with van der Waals surface area (Å²) in [5.41, 5.74) is 0. The summed E-state index contributed by atoms with van der Waals surface area (Å²) in [6.07, 6.45) is 1.20. The summed E-state index contributed by atoms with van der Waals surface area (Å²) in [7, 11) is 0. The van der Waals surface area contributed by atoms with Gasteiger partial charge in [-0.1, -0.05) is 0 Å². The topological polar surface area (TPSA) is 9.23 Å². The average molecular weight is 104 g/mol. The molecule has 42 valence electrons. The molecule has 0 amide bonds. The van der Waals surface area contributed by atoms with Crippen LogP contribution in [0.25, 0.3) is 0 Å². The predicted octanol–water partition coefficient (Wildman–Crippen LogP) is 1.48. The Morgan fingerprint density at radius 2 is 2.29 bits per heavy atom. The molecule has 0 heterocycles. The van der Waals surface area contributed by atoms with E-state index in [0.29, 0.717) is 19.4 Å². The SMILES string of the molecule is CCOC1(F)CC1. The predicted molar refractivity (Wildman–Crippen MR) is 24.7 cm³/mol. The minimum Gasteiger partial charge on any atom is -0.346 e. The first kappa shape index (κ1) is 5.04. The smallest absolute Gasteiger partial charge is 0.209 e. The van der Waals surface area contributed by atoms with Crippen LogP contribution in [-0.4, -0.2) is 12.5 Å². The van der Waals surface area contributed by atoms with E-state index in [-0.39, 0.29) is 0 Å². The van der Waals surface area contributed by atoms with Crippen LogP contribution in [0, 0.1) is 0 Å². The van der Waals surface area contributed by atoms with Crippen LogP contribution in [0.5, 0.6) is 0 Å². The maximum Gasteiger partial charge on any atom is 0.209 e. The molecular weight excluding hydrogens is 95.1 g/mol. The van der Waals surface area contributed by atoms with Crippen molar-refractivity contribution in [2.75, 3.05) is 6.61 Å². The van der Waals surface area contributed by atoms with Gasteiger partial charge in [0.25, 0.3) is 0 Å². The van der Waals surface area contributed by atoms with Crippen LogP contribution in [0.4, 0.5) is 4.39 Å². The van der Waals surface area contributed by atoms with Crippen LogP contribution in [-0.2, 0) is 4.74 Å². The van der Waals surface area contributed by atoms with Gasteiger partial charge >= 0.3 is 0 Å². The molecule has 0 aromatic carbocycles. The zero-order valence-corrected chi connectivity index (χ0v) is 4.41. The summed E-state index contributed by atoms with van der Waals surface area (Å²) in [4.78, 5) is 0. The summed E-state index contributed by atoms with van der Waals surface area (Å²) in [6.45, 7) is 2.30. The largest absolute Gasteiger partial charge is 0.346 e. The van der Waals surface area contributed by atoms with E-state index in [2.05, 4.69) is 4.74 Å². The lowest BCUT2D eigenvalue weighted by Gasteiger charge is -2.00. The van der Waals surface area contributed by atoms with Crippen molar-refractivity contribution in [1.29, 1.82) is 0 Å². The lowest BCUT2D eigenvalue weighted by molar-refractivity contribution is -0.0568. The molecule has 0 spiro atoms. The van der Waals surface area contributed by atoms with E-state index in [1.165, 1.54) is 0 Å². The quantitative estimate of drug-likeness (QED) is 0.515. The first-order valence-corrected chi connectivity index (χ1v) is 2.60. The van der Waals surface area contributed by atoms with Crippen LogP contribution < -0.4 is 0 Å². The maximum atomic E-state index is 12.3. The van der Waals surface area contributed by atoms with Gasteiger partial charge in [0.2, 0.25) is 5.85 Å². The fourth-order valence-corrected chi connectivity index (χ4v) is 0.501. The molecule has 0 atom stereocenters. The van der Waals surface area contributed by atoms with Crippen LogP contribution in [0.3, 0.4) is 0 Å². The minimum atomic E-state index is -1.20. The molecule has 0 aliphatic heterocycles. The third-order valence-electron chi connectivity index (χ3n) is 1.05. The van der Waals surface area contributed by atoms with Gasteiger partial charge in [-0.3, -0.25) is 0 Å². The van der Waals surface area contributed by atoms with E-state index >= 15 is 0 Å². The van der Waals surface area contributed by atoms with E-state index in [4.69, 9.17) is 0 Å². The molecule has 0 saturated heterocycles. The second-order valence-corrected chi connectivity index (χ2v) is 1.82. The van der Waals surface area contributed by atoms with Gasteiger partial charge in [0.05, 0.1) is 0 Å². The molecule has 7 heavy (non-hydrogen) atoms. The standard InChI is InChI=1S/C5H9FO/c1-2-7-5(6)3-4-5/h2-4H2,1H3. The number of rotatable bonds is 2. The van der Waals surface area contributed by atoms with Crippen molar-refractivity contribution in [3.8, 4) is 0 Å². The monoisotopic (exact) mass is 104 g/mol. The number of hydrogen-bond acceptors (Lipinski definition) is 1. The van der Waals surface area contributed by atoms with E-state index in [9.17, 15) is 4.39 Å². The molecule has 0 aromatic heterocycles. The molecule has 1 aliphatic rings. The van der Waals surface area contributed by atoms with Crippen molar-refractivity contribution in [2.45, 2.75) is 25.6 Å². The summed E-state index contributed by atoms with van der Waals surface area (Å²) in [5, 5.41) is 0. The van der Waals surface area contributed by atoms with Crippen LogP contribution in [0.1, 0.15) is 19.8 Å². The van der Waals surface area contributed by atoms with E-state index in [1.54, 1.807) is 6.92 Å². The van der Waals surface area contributed by atoms with Gasteiger partial charge in [0.15, 0.2) is 0 Å². The first-order valence-electron chi connectivity index (χ1n) is 2.60. The van der Waals surface area contributed by atoms with Crippen LogP contribution >= 0.6 is 0 Å². The molecule has 1 fully saturated rings. The summed E-state index contributed by atoms with van der Waals surface area (Å²) >= 11 is 0. The molecule has 0 N–H and O–H groups in total. The van der Waals surface area contributed by atoms with Gasteiger partial charge in [0, 0.05) is 19.4 Å². The molecule has 0 unspecified atom stereocenters. The van der Waals surface area contributed by atoms with Crippen LogP contribution in [0.2, 0.25) is 0 Å². The van der Waals surface area contributed by atoms with Crippen molar-refractivity contribution in [3.05, 3.63) is 0 Å². The zero-order chi connectivity index (χ0) is 5.33. The second-order valence-electron chi connectivity index (χ2n) is 1.82. The van der Waals surface area contributed by atoms with Gasteiger partial charge < -0.3 is 4.74 Å². The van der Waals surface area contributed by atoms with E-state index in [0.717, 1.165) is 0 Å². The van der Waals surface area contributed by atoms with Crippen molar-refractivity contribution in [2.24, 2.45) is 0 Å². The third kappa shape index (κ3) is 1.13. The highest BCUT2D eigenvalue weighted by Gasteiger charge is 2.44. The third-order valence-corrected chi connectivity index (χ3v) is 1.05. The van der Waals surface area contributed by atoms with Crippen molar-refractivity contribution < 1.29 is 9.13 Å². The van der Waals surface area contributed by atoms with Gasteiger partial charge in [0.1, 0.15) is 0 Å². The second kappa shape index (κ2) is 1.44. The number of alkyl halides is 1. The highest BCUT2D eigenvalue weighted by atomic mass is 19.2. The van der Waals surface area contributed by atoms with Crippen LogP contribution in [0.15, 0.2) is 0 Å². The highest BCUT2D eigenvalue weighted by Crippen LogP contribution is 2.40. The molecular formula is C5H9FO. The van der Waals surface area contributed by atoms with Crippen molar-refractivity contribution in [1.82, 2.24) is 0 Å². The first-order chi connectivity index (χ1) is 3.27. The maximum absolute atomic E-state index is 12.3. The Hall–Kier alpha value is -0.110. The van der Waals surface area contributed by atoms with Gasteiger partial charge in [-0.15, -0.1) is 0 Å². The normalized spacial score (nSPS) is 24.9. The molecule has 0 aromatic rings. The molecule has 1 nitrogen and oxygen atoms in total. The Labute approximate surface area is 42.5 Å². The number of halogens is 1. The molecule has 0 radical (unpaired) electrons. The number of hydrogen-bond donors (Lipinski definition) is 0. The number of ether oxygens (including phenoxy) is 1.